The van der Waals surface area contributed by atoms with Crippen LogP contribution in [0.5, 0.6) is 0 Å². The Bertz CT molecular complexity index is 476. The standard InChI is InChI=1S/C10H8F5N3/c11-9(12)6-3-5(4-17)18-7(1-2-16)8(6)10(13,14)15/h3,9H,1,4,17H2. The summed E-state index contributed by atoms with van der Waals surface area (Å²) in [6.45, 7) is -0.281. The molecule has 8 heteroatoms. The van der Waals surface area contributed by atoms with Crippen LogP contribution in [0.2, 0.25) is 0 Å². The normalized spacial score (nSPS) is 11.7. The fourth-order valence-corrected chi connectivity index (χ4v) is 1.49. The van der Waals surface area contributed by atoms with E-state index in [2.05, 4.69) is 4.98 Å². The highest BCUT2D eigenvalue weighted by Crippen LogP contribution is 2.38. The van der Waals surface area contributed by atoms with Gasteiger partial charge in [-0.3, -0.25) is 4.98 Å². The second kappa shape index (κ2) is 5.27. The van der Waals surface area contributed by atoms with Crippen LogP contribution in [0.15, 0.2) is 6.07 Å². The van der Waals surface area contributed by atoms with E-state index in [4.69, 9.17) is 11.0 Å². The molecule has 0 spiro atoms. The quantitative estimate of drug-likeness (QED) is 0.854. The molecule has 18 heavy (non-hydrogen) atoms. The Kier molecular flexibility index (Phi) is 4.19. The van der Waals surface area contributed by atoms with Gasteiger partial charge >= 0.3 is 6.18 Å². The SMILES string of the molecule is N#CCc1nc(CN)cc(C(F)F)c1C(F)(F)F. The number of hydrogen-bond acceptors (Lipinski definition) is 3. The Morgan fingerprint density at radius 1 is 1.39 bits per heavy atom. The summed E-state index contributed by atoms with van der Waals surface area (Å²) < 4.78 is 63.4. The zero-order valence-electron chi connectivity index (χ0n) is 8.93. The van der Waals surface area contributed by atoms with Crippen LogP contribution in [0.3, 0.4) is 0 Å². The summed E-state index contributed by atoms with van der Waals surface area (Å²) in [6.07, 6.45) is -9.01. The van der Waals surface area contributed by atoms with E-state index >= 15 is 0 Å². The van der Waals surface area contributed by atoms with Gasteiger partial charge in [-0.2, -0.15) is 18.4 Å². The molecule has 98 valence electrons. The van der Waals surface area contributed by atoms with Crippen molar-refractivity contribution >= 4 is 0 Å². The molecule has 1 aromatic rings. The van der Waals surface area contributed by atoms with Gasteiger partial charge < -0.3 is 5.73 Å². The predicted molar refractivity (Wildman–Crippen MR) is 51.4 cm³/mol. The Morgan fingerprint density at radius 2 is 2.00 bits per heavy atom. The number of rotatable bonds is 3. The highest BCUT2D eigenvalue weighted by atomic mass is 19.4. The van der Waals surface area contributed by atoms with E-state index in [1.54, 1.807) is 0 Å². The fraction of sp³-hybridized carbons (Fsp3) is 0.400. The summed E-state index contributed by atoms with van der Waals surface area (Å²) in [5, 5.41) is 8.43. The van der Waals surface area contributed by atoms with Gasteiger partial charge in [0.15, 0.2) is 0 Å². The average Bonchev–Trinajstić information content (AvgIpc) is 2.26. The van der Waals surface area contributed by atoms with Crippen molar-refractivity contribution in [2.45, 2.75) is 25.6 Å². The Balaban J connectivity index is 3.56. The molecule has 0 radical (unpaired) electrons. The van der Waals surface area contributed by atoms with E-state index < -0.39 is 35.8 Å². The van der Waals surface area contributed by atoms with E-state index in [9.17, 15) is 22.0 Å². The van der Waals surface area contributed by atoms with Crippen molar-refractivity contribution in [2.24, 2.45) is 5.73 Å². The minimum atomic E-state index is -4.99. The van der Waals surface area contributed by atoms with Crippen molar-refractivity contribution in [3.8, 4) is 6.07 Å². The highest BCUT2D eigenvalue weighted by molar-refractivity contribution is 5.37. The number of alkyl halides is 5. The Hall–Kier alpha value is -1.75. The van der Waals surface area contributed by atoms with Gasteiger partial charge in [0, 0.05) is 12.1 Å². The predicted octanol–water partition coefficient (Wildman–Crippen LogP) is 2.56. The van der Waals surface area contributed by atoms with Crippen LogP contribution in [0.25, 0.3) is 0 Å². The number of nitriles is 1. The lowest BCUT2D eigenvalue weighted by molar-refractivity contribution is -0.140. The molecule has 3 nitrogen and oxygen atoms in total. The molecule has 0 amide bonds. The maximum atomic E-state index is 12.7. The first-order valence-corrected chi connectivity index (χ1v) is 4.76. The number of nitrogens with two attached hydrogens (primary N) is 1. The second-order valence-corrected chi connectivity index (χ2v) is 3.36. The molecule has 0 saturated carbocycles. The molecule has 1 aromatic heterocycles. The second-order valence-electron chi connectivity index (χ2n) is 3.36. The van der Waals surface area contributed by atoms with Crippen LogP contribution >= 0.6 is 0 Å². The highest BCUT2D eigenvalue weighted by Gasteiger charge is 2.39. The van der Waals surface area contributed by atoms with Gasteiger partial charge in [-0.05, 0) is 6.07 Å². The number of hydrogen-bond donors (Lipinski definition) is 1. The van der Waals surface area contributed by atoms with E-state index in [0.717, 1.165) is 0 Å². The maximum absolute atomic E-state index is 12.7. The summed E-state index contributed by atoms with van der Waals surface area (Å²) in [6, 6.07) is 2.09. The lowest BCUT2D eigenvalue weighted by Crippen LogP contribution is -2.17. The minimum absolute atomic E-state index is 0.108. The van der Waals surface area contributed by atoms with Gasteiger partial charge in [-0.15, -0.1) is 0 Å². The van der Waals surface area contributed by atoms with Crippen LogP contribution in [0.4, 0.5) is 22.0 Å². The minimum Gasteiger partial charge on any atom is -0.325 e. The van der Waals surface area contributed by atoms with Crippen molar-refractivity contribution in [3.05, 3.63) is 28.6 Å². The lowest BCUT2D eigenvalue weighted by atomic mass is 10.0. The number of aromatic nitrogens is 1. The number of pyridine rings is 1. The molecule has 0 aliphatic carbocycles. The van der Waals surface area contributed by atoms with Gasteiger partial charge in [0.05, 0.1) is 29.4 Å². The molecule has 0 aliphatic heterocycles. The summed E-state index contributed by atoms with van der Waals surface area (Å²) >= 11 is 0. The third-order valence-electron chi connectivity index (χ3n) is 2.15. The molecule has 0 aromatic carbocycles. The molecule has 0 aliphatic rings. The summed E-state index contributed by atoms with van der Waals surface area (Å²) in [5.74, 6) is 0. The number of halogens is 5. The van der Waals surface area contributed by atoms with Crippen LogP contribution in [-0.4, -0.2) is 4.98 Å². The monoisotopic (exact) mass is 265 g/mol. The lowest BCUT2D eigenvalue weighted by Gasteiger charge is -2.16. The summed E-state index contributed by atoms with van der Waals surface area (Å²) in [7, 11) is 0. The fourth-order valence-electron chi connectivity index (χ4n) is 1.49. The van der Waals surface area contributed by atoms with Crippen molar-refractivity contribution in [3.63, 3.8) is 0 Å². The van der Waals surface area contributed by atoms with Gasteiger partial charge in [0.2, 0.25) is 0 Å². The van der Waals surface area contributed by atoms with Crippen LogP contribution in [0, 0.1) is 11.3 Å². The van der Waals surface area contributed by atoms with Gasteiger partial charge in [0.1, 0.15) is 0 Å². The average molecular weight is 265 g/mol. The zero-order chi connectivity index (χ0) is 13.9. The first-order chi connectivity index (χ1) is 8.31. The summed E-state index contributed by atoms with van der Waals surface area (Å²) in [5.41, 5.74) is 1.61. The van der Waals surface area contributed by atoms with E-state index in [1.165, 1.54) is 6.07 Å². The van der Waals surface area contributed by atoms with Gasteiger partial charge in [-0.25, -0.2) is 8.78 Å². The molecule has 2 N–H and O–H groups in total. The van der Waals surface area contributed by atoms with Crippen molar-refractivity contribution < 1.29 is 22.0 Å². The van der Waals surface area contributed by atoms with E-state index in [0.29, 0.717) is 6.07 Å². The molecule has 0 bridgehead atoms. The maximum Gasteiger partial charge on any atom is 0.418 e. The largest absolute Gasteiger partial charge is 0.418 e. The van der Waals surface area contributed by atoms with Gasteiger partial charge in [0.25, 0.3) is 6.43 Å². The Labute approximate surface area is 99.0 Å². The van der Waals surface area contributed by atoms with E-state index in [-0.39, 0.29) is 12.2 Å². The van der Waals surface area contributed by atoms with E-state index in [1.807, 2.05) is 0 Å². The molecule has 1 rings (SSSR count). The summed E-state index contributed by atoms with van der Waals surface area (Å²) in [4.78, 5) is 3.49. The van der Waals surface area contributed by atoms with Crippen LogP contribution in [-0.2, 0) is 19.1 Å². The van der Waals surface area contributed by atoms with Crippen molar-refractivity contribution in [2.75, 3.05) is 0 Å². The topological polar surface area (TPSA) is 62.7 Å². The molecule has 0 atom stereocenters. The molecule has 0 saturated heterocycles. The van der Waals surface area contributed by atoms with Crippen LogP contribution < -0.4 is 5.73 Å². The first-order valence-electron chi connectivity index (χ1n) is 4.76. The zero-order valence-corrected chi connectivity index (χ0v) is 8.93. The third kappa shape index (κ3) is 2.92. The third-order valence-corrected chi connectivity index (χ3v) is 2.15. The molecule has 0 fully saturated rings. The van der Waals surface area contributed by atoms with Crippen LogP contribution in [0.1, 0.15) is 28.9 Å². The first kappa shape index (κ1) is 14.3. The van der Waals surface area contributed by atoms with Gasteiger partial charge in [-0.1, -0.05) is 0 Å². The number of nitrogens with zero attached hydrogens (tertiary/aromatic N) is 2. The van der Waals surface area contributed by atoms with Crippen molar-refractivity contribution in [1.29, 1.82) is 5.26 Å². The Morgan fingerprint density at radius 3 is 2.39 bits per heavy atom. The molecular formula is C10H8F5N3. The molecule has 0 unspecified atom stereocenters. The molecule has 1 heterocycles. The molecular weight excluding hydrogens is 257 g/mol. The smallest absolute Gasteiger partial charge is 0.325 e. The van der Waals surface area contributed by atoms with Crippen molar-refractivity contribution in [1.82, 2.24) is 4.98 Å².